The molecule has 154 valence electrons. The molecule has 0 radical (unpaired) electrons. The van der Waals surface area contributed by atoms with E-state index in [0.717, 1.165) is 32.4 Å². The van der Waals surface area contributed by atoms with Crippen molar-refractivity contribution in [1.29, 1.82) is 0 Å². The van der Waals surface area contributed by atoms with Gasteiger partial charge in [0.05, 0.1) is 33.0 Å². The van der Waals surface area contributed by atoms with Crippen molar-refractivity contribution in [2.75, 3.05) is 65.8 Å². The summed E-state index contributed by atoms with van der Waals surface area (Å²) in [6, 6.07) is 0. The van der Waals surface area contributed by atoms with E-state index < -0.39 is 0 Å². The van der Waals surface area contributed by atoms with Gasteiger partial charge in [0.2, 0.25) is 11.8 Å². The first kappa shape index (κ1) is 24.8. The maximum Gasteiger partial charge on any atom is 0.245 e. The first-order valence-corrected chi connectivity index (χ1v) is 9.68. The van der Waals surface area contributed by atoms with Gasteiger partial charge in [0.25, 0.3) is 0 Å². The monoisotopic (exact) mass is 375 g/mol. The molecule has 0 aromatic heterocycles. The van der Waals surface area contributed by atoms with Crippen LogP contribution in [0.25, 0.3) is 0 Å². The molecule has 2 amide bonds. The smallest absolute Gasteiger partial charge is 0.245 e. The molecule has 0 aliphatic rings. The van der Waals surface area contributed by atoms with Crippen molar-refractivity contribution in [2.45, 2.75) is 39.5 Å². The molecule has 0 aliphatic heterocycles. The molecule has 0 bridgehead atoms. The summed E-state index contributed by atoms with van der Waals surface area (Å²) in [5.41, 5.74) is 0. The van der Waals surface area contributed by atoms with Crippen LogP contribution in [0.3, 0.4) is 0 Å². The normalized spacial score (nSPS) is 10.7. The summed E-state index contributed by atoms with van der Waals surface area (Å²) in [5.74, 6) is -0.0379. The van der Waals surface area contributed by atoms with Gasteiger partial charge in [-0.25, -0.2) is 0 Å². The third-order valence-corrected chi connectivity index (χ3v) is 3.41. The summed E-state index contributed by atoms with van der Waals surface area (Å²) in [7, 11) is 0. The predicted molar refractivity (Wildman–Crippen MR) is 101 cm³/mol. The largest absolute Gasteiger partial charge is 0.377 e. The molecule has 0 aromatic rings. The van der Waals surface area contributed by atoms with Gasteiger partial charge in [-0.15, -0.1) is 0 Å². The summed E-state index contributed by atoms with van der Waals surface area (Å²) < 4.78 is 15.9. The summed E-state index contributed by atoms with van der Waals surface area (Å²) >= 11 is 0. The molecular weight excluding hydrogens is 338 g/mol. The maximum absolute atomic E-state index is 11.5. The van der Waals surface area contributed by atoms with Gasteiger partial charge < -0.3 is 30.2 Å². The average Bonchev–Trinajstić information content (AvgIpc) is 2.63. The minimum absolute atomic E-state index is 0.0543. The van der Waals surface area contributed by atoms with Gasteiger partial charge in [-0.05, 0) is 25.9 Å². The summed E-state index contributed by atoms with van der Waals surface area (Å²) in [4.78, 5) is 22.9. The highest BCUT2D eigenvalue weighted by atomic mass is 16.5. The second-order valence-electron chi connectivity index (χ2n) is 5.79. The Hall–Kier alpha value is -1.22. The molecule has 26 heavy (non-hydrogen) atoms. The lowest BCUT2D eigenvalue weighted by Gasteiger charge is -2.08. The SMILES string of the molecule is CCCCNC(=O)COCCOCCOCCNC(=O)CCCNCC. The topological polar surface area (TPSA) is 97.9 Å². The molecule has 0 rings (SSSR count). The molecule has 0 spiro atoms. The number of unbranched alkanes of at least 4 members (excludes halogenated alkanes) is 1. The van der Waals surface area contributed by atoms with E-state index in [1.165, 1.54) is 0 Å². The highest BCUT2D eigenvalue weighted by molar-refractivity contribution is 5.77. The lowest BCUT2D eigenvalue weighted by atomic mass is 10.3. The second kappa shape index (κ2) is 20.1. The van der Waals surface area contributed by atoms with Crippen LogP contribution in [-0.4, -0.2) is 77.6 Å². The fraction of sp³-hybridized carbons (Fsp3) is 0.889. The van der Waals surface area contributed by atoms with E-state index in [9.17, 15) is 9.59 Å². The Morgan fingerprint density at radius 3 is 2.08 bits per heavy atom. The second-order valence-corrected chi connectivity index (χ2v) is 5.79. The molecular formula is C18H37N3O5. The number of carbonyl (C=O) groups excluding carboxylic acids is 2. The van der Waals surface area contributed by atoms with Gasteiger partial charge in [0, 0.05) is 19.5 Å². The van der Waals surface area contributed by atoms with Crippen molar-refractivity contribution in [3.05, 3.63) is 0 Å². The zero-order valence-corrected chi connectivity index (χ0v) is 16.4. The summed E-state index contributed by atoms with van der Waals surface area (Å²) in [6.45, 7) is 9.39. The third kappa shape index (κ3) is 19.1. The van der Waals surface area contributed by atoms with Crippen LogP contribution in [0.4, 0.5) is 0 Å². The Morgan fingerprint density at radius 2 is 1.38 bits per heavy atom. The van der Waals surface area contributed by atoms with Crippen LogP contribution >= 0.6 is 0 Å². The molecule has 8 nitrogen and oxygen atoms in total. The standard InChI is InChI=1S/C18H37N3O5/c1-3-5-9-20-18(23)16-26-15-14-25-13-12-24-11-10-21-17(22)7-6-8-19-4-2/h19H,3-16H2,1-2H3,(H,20,23)(H,21,22). The molecule has 3 N–H and O–H groups in total. The lowest BCUT2D eigenvalue weighted by molar-refractivity contribution is -0.126. The van der Waals surface area contributed by atoms with Gasteiger partial charge >= 0.3 is 0 Å². The first-order chi connectivity index (χ1) is 12.7. The maximum atomic E-state index is 11.5. The van der Waals surface area contributed by atoms with Crippen molar-refractivity contribution in [2.24, 2.45) is 0 Å². The van der Waals surface area contributed by atoms with Crippen LogP contribution in [0.1, 0.15) is 39.5 Å². The van der Waals surface area contributed by atoms with Gasteiger partial charge in [-0.1, -0.05) is 20.3 Å². The van der Waals surface area contributed by atoms with Crippen LogP contribution in [0.5, 0.6) is 0 Å². The molecule has 0 aromatic carbocycles. The van der Waals surface area contributed by atoms with Crippen LogP contribution in [0.2, 0.25) is 0 Å². The van der Waals surface area contributed by atoms with Crippen molar-refractivity contribution in [3.8, 4) is 0 Å². The Labute approximate surface area is 157 Å². The van der Waals surface area contributed by atoms with Crippen molar-refractivity contribution in [1.82, 2.24) is 16.0 Å². The molecule has 0 atom stereocenters. The fourth-order valence-corrected chi connectivity index (χ4v) is 1.96. The zero-order chi connectivity index (χ0) is 19.3. The number of ether oxygens (including phenoxy) is 3. The Kier molecular flexibility index (Phi) is 19.2. The van der Waals surface area contributed by atoms with Gasteiger partial charge in [0.15, 0.2) is 0 Å². The number of carbonyl (C=O) groups is 2. The summed E-state index contributed by atoms with van der Waals surface area (Å²) in [5, 5.41) is 8.78. The average molecular weight is 376 g/mol. The van der Waals surface area contributed by atoms with E-state index in [2.05, 4.69) is 22.9 Å². The van der Waals surface area contributed by atoms with Gasteiger partial charge in [-0.2, -0.15) is 0 Å². The highest BCUT2D eigenvalue weighted by Crippen LogP contribution is 1.87. The molecule has 8 heteroatoms. The third-order valence-electron chi connectivity index (χ3n) is 3.41. The molecule has 0 unspecified atom stereocenters. The van der Waals surface area contributed by atoms with Gasteiger partial charge in [-0.3, -0.25) is 9.59 Å². The van der Waals surface area contributed by atoms with E-state index in [0.29, 0.717) is 52.5 Å². The molecule has 0 fully saturated rings. The van der Waals surface area contributed by atoms with E-state index in [1.54, 1.807) is 0 Å². The lowest BCUT2D eigenvalue weighted by Crippen LogP contribution is -2.29. The minimum atomic E-state index is -0.0922. The van der Waals surface area contributed by atoms with E-state index >= 15 is 0 Å². The Balaban J connectivity index is 3.19. The zero-order valence-electron chi connectivity index (χ0n) is 16.4. The highest BCUT2D eigenvalue weighted by Gasteiger charge is 2.01. The fourth-order valence-electron chi connectivity index (χ4n) is 1.96. The number of nitrogens with one attached hydrogen (secondary N) is 3. The number of amides is 2. The molecule has 0 saturated carbocycles. The van der Waals surface area contributed by atoms with Crippen molar-refractivity contribution < 1.29 is 23.8 Å². The van der Waals surface area contributed by atoms with Crippen LogP contribution in [-0.2, 0) is 23.8 Å². The van der Waals surface area contributed by atoms with Crippen LogP contribution in [0.15, 0.2) is 0 Å². The van der Waals surface area contributed by atoms with E-state index in [4.69, 9.17) is 14.2 Å². The number of hydrogen-bond acceptors (Lipinski definition) is 6. The number of hydrogen-bond donors (Lipinski definition) is 3. The van der Waals surface area contributed by atoms with Crippen LogP contribution < -0.4 is 16.0 Å². The minimum Gasteiger partial charge on any atom is -0.377 e. The molecule has 0 heterocycles. The van der Waals surface area contributed by atoms with Crippen molar-refractivity contribution >= 4 is 11.8 Å². The predicted octanol–water partition coefficient (Wildman–Crippen LogP) is 0.458. The Morgan fingerprint density at radius 1 is 0.731 bits per heavy atom. The first-order valence-electron chi connectivity index (χ1n) is 9.68. The van der Waals surface area contributed by atoms with E-state index in [-0.39, 0.29) is 18.4 Å². The van der Waals surface area contributed by atoms with Gasteiger partial charge in [0.1, 0.15) is 6.61 Å². The summed E-state index contributed by atoms with van der Waals surface area (Å²) in [6.07, 6.45) is 3.42. The molecule has 0 saturated heterocycles. The van der Waals surface area contributed by atoms with Crippen molar-refractivity contribution in [3.63, 3.8) is 0 Å². The quantitative estimate of drug-likeness (QED) is 0.284. The van der Waals surface area contributed by atoms with Crippen LogP contribution in [0, 0.1) is 0 Å². The molecule has 0 aliphatic carbocycles. The van der Waals surface area contributed by atoms with E-state index in [1.807, 2.05) is 6.92 Å². The Bertz CT molecular complexity index is 343. The number of rotatable bonds is 19.